The van der Waals surface area contributed by atoms with E-state index in [9.17, 15) is 4.79 Å². The number of para-hydroxylation sites is 1. The first-order valence-corrected chi connectivity index (χ1v) is 6.38. The molecule has 2 aromatic rings. The number of nitrogens with one attached hydrogen (secondary N) is 1. The van der Waals surface area contributed by atoms with Gasteiger partial charge in [-0.05, 0) is 31.0 Å². The first-order chi connectivity index (χ1) is 9.72. The van der Waals surface area contributed by atoms with Crippen LogP contribution in [0.25, 0.3) is 0 Å². The van der Waals surface area contributed by atoms with Gasteiger partial charge in [0, 0.05) is 11.8 Å². The lowest BCUT2D eigenvalue weighted by Crippen LogP contribution is -2.15. The minimum Gasteiger partial charge on any atom is -0.473 e. The van der Waals surface area contributed by atoms with Crippen LogP contribution in [0.4, 0.5) is 11.5 Å². The molecule has 20 heavy (non-hydrogen) atoms. The van der Waals surface area contributed by atoms with E-state index < -0.39 is 0 Å². The molecule has 1 aliphatic carbocycles. The van der Waals surface area contributed by atoms with E-state index in [2.05, 4.69) is 15.5 Å². The van der Waals surface area contributed by atoms with Crippen LogP contribution in [0.3, 0.4) is 0 Å². The Morgan fingerprint density at radius 1 is 1.20 bits per heavy atom. The van der Waals surface area contributed by atoms with Gasteiger partial charge in [0.1, 0.15) is 6.10 Å². The van der Waals surface area contributed by atoms with Crippen molar-refractivity contribution >= 4 is 17.4 Å². The third kappa shape index (κ3) is 2.85. The monoisotopic (exact) mass is 270 g/mol. The zero-order valence-corrected chi connectivity index (χ0v) is 10.7. The van der Waals surface area contributed by atoms with Crippen molar-refractivity contribution < 1.29 is 9.53 Å². The highest BCUT2D eigenvalue weighted by Crippen LogP contribution is 2.25. The van der Waals surface area contributed by atoms with E-state index in [0.29, 0.717) is 22.9 Å². The maximum absolute atomic E-state index is 12.0. The molecule has 0 aliphatic heterocycles. The quantitative estimate of drug-likeness (QED) is 0.827. The number of hydrogen-bond donors (Lipinski definition) is 2. The van der Waals surface area contributed by atoms with Crippen molar-refractivity contribution in [2.75, 3.05) is 11.1 Å². The van der Waals surface area contributed by atoms with Gasteiger partial charge in [-0.1, -0.05) is 12.1 Å². The number of carbonyl (C=O) groups is 1. The molecule has 3 rings (SSSR count). The first kappa shape index (κ1) is 12.4. The van der Waals surface area contributed by atoms with Crippen molar-refractivity contribution in [2.45, 2.75) is 18.9 Å². The SMILES string of the molecule is Nc1ccccc1C(=O)Nc1ccc(OC2CC2)nn1. The summed E-state index contributed by atoms with van der Waals surface area (Å²) in [6.07, 6.45) is 2.40. The van der Waals surface area contributed by atoms with E-state index in [1.165, 1.54) is 0 Å². The maximum Gasteiger partial charge on any atom is 0.258 e. The van der Waals surface area contributed by atoms with Gasteiger partial charge >= 0.3 is 0 Å². The molecular weight excluding hydrogens is 256 g/mol. The molecule has 1 fully saturated rings. The van der Waals surface area contributed by atoms with Gasteiger partial charge < -0.3 is 15.8 Å². The van der Waals surface area contributed by atoms with E-state index in [1.54, 1.807) is 36.4 Å². The Hall–Kier alpha value is -2.63. The summed E-state index contributed by atoms with van der Waals surface area (Å²) in [6.45, 7) is 0. The van der Waals surface area contributed by atoms with E-state index in [1.807, 2.05) is 0 Å². The van der Waals surface area contributed by atoms with Gasteiger partial charge in [-0.25, -0.2) is 0 Å². The van der Waals surface area contributed by atoms with Crippen LogP contribution < -0.4 is 15.8 Å². The molecule has 3 N–H and O–H groups in total. The average molecular weight is 270 g/mol. The second kappa shape index (κ2) is 5.16. The molecule has 0 atom stereocenters. The van der Waals surface area contributed by atoms with Crippen LogP contribution in [0.15, 0.2) is 36.4 Å². The summed E-state index contributed by atoms with van der Waals surface area (Å²) in [5, 5.41) is 10.5. The van der Waals surface area contributed by atoms with Crippen molar-refractivity contribution in [1.29, 1.82) is 0 Å². The predicted molar refractivity (Wildman–Crippen MR) is 74.5 cm³/mol. The predicted octanol–water partition coefficient (Wildman–Crippen LogP) is 1.85. The van der Waals surface area contributed by atoms with Gasteiger partial charge in [0.05, 0.1) is 5.56 Å². The van der Waals surface area contributed by atoms with Gasteiger partial charge in [0.2, 0.25) is 5.88 Å². The molecule has 0 spiro atoms. The summed E-state index contributed by atoms with van der Waals surface area (Å²) in [6, 6.07) is 10.2. The lowest BCUT2D eigenvalue weighted by Gasteiger charge is -2.07. The average Bonchev–Trinajstić information content (AvgIpc) is 3.25. The van der Waals surface area contributed by atoms with E-state index in [0.717, 1.165) is 12.8 Å². The molecule has 1 aliphatic rings. The van der Waals surface area contributed by atoms with E-state index in [-0.39, 0.29) is 12.0 Å². The van der Waals surface area contributed by atoms with E-state index in [4.69, 9.17) is 10.5 Å². The molecular formula is C14H14N4O2. The molecule has 102 valence electrons. The lowest BCUT2D eigenvalue weighted by molar-refractivity contribution is 0.102. The summed E-state index contributed by atoms with van der Waals surface area (Å²) < 4.78 is 5.48. The molecule has 1 amide bonds. The maximum atomic E-state index is 12.0. The summed E-state index contributed by atoms with van der Waals surface area (Å²) in [4.78, 5) is 12.0. The highest BCUT2D eigenvalue weighted by molar-refractivity contribution is 6.07. The van der Waals surface area contributed by atoms with E-state index >= 15 is 0 Å². The molecule has 0 saturated heterocycles. The number of ether oxygens (including phenoxy) is 1. The Kier molecular flexibility index (Phi) is 3.20. The van der Waals surface area contributed by atoms with Gasteiger partial charge in [-0.15, -0.1) is 10.2 Å². The van der Waals surface area contributed by atoms with Gasteiger partial charge in [-0.3, -0.25) is 4.79 Å². The van der Waals surface area contributed by atoms with Crippen LogP contribution in [0.1, 0.15) is 23.2 Å². The number of carbonyl (C=O) groups excluding carboxylic acids is 1. The largest absolute Gasteiger partial charge is 0.473 e. The molecule has 6 heteroatoms. The number of anilines is 2. The van der Waals surface area contributed by atoms with Crippen LogP contribution in [0.2, 0.25) is 0 Å². The molecule has 0 unspecified atom stereocenters. The minimum absolute atomic E-state index is 0.272. The summed E-state index contributed by atoms with van der Waals surface area (Å²) in [7, 11) is 0. The Balaban J connectivity index is 1.67. The van der Waals surface area contributed by atoms with Crippen LogP contribution in [0, 0.1) is 0 Å². The number of hydrogen-bond acceptors (Lipinski definition) is 5. The number of nitrogen functional groups attached to an aromatic ring is 1. The Morgan fingerprint density at radius 2 is 2.00 bits per heavy atom. The Labute approximate surface area is 116 Å². The number of nitrogens with two attached hydrogens (primary N) is 1. The first-order valence-electron chi connectivity index (χ1n) is 6.38. The lowest BCUT2D eigenvalue weighted by atomic mass is 10.1. The Morgan fingerprint density at radius 3 is 2.65 bits per heavy atom. The number of rotatable bonds is 4. The van der Waals surface area contributed by atoms with Crippen molar-refractivity contribution in [2.24, 2.45) is 0 Å². The van der Waals surface area contributed by atoms with Gasteiger partial charge in [0.15, 0.2) is 5.82 Å². The molecule has 0 radical (unpaired) electrons. The highest BCUT2D eigenvalue weighted by Gasteiger charge is 2.24. The summed E-state index contributed by atoms with van der Waals surface area (Å²) >= 11 is 0. The highest BCUT2D eigenvalue weighted by atomic mass is 16.5. The third-order valence-electron chi connectivity index (χ3n) is 2.90. The van der Waals surface area contributed by atoms with Crippen molar-refractivity contribution in [3.8, 4) is 5.88 Å². The number of amides is 1. The van der Waals surface area contributed by atoms with Crippen molar-refractivity contribution in [1.82, 2.24) is 10.2 Å². The number of nitrogens with zero attached hydrogens (tertiary/aromatic N) is 2. The van der Waals surface area contributed by atoms with Crippen LogP contribution in [-0.4, -0.2) is 22.2 Å². The van der Waals surface area contributed by atoms with Crippen LogP contribution in [0.5, 0.6) is 5.88 Å². The number of benzene rings is 1. The third-order valence-corrected chi connectivity index (χ3v) is 2.90. The fourth-order valence-electron chi connectivity index (χ4n) is 1.69. The fourth-order valence-corrected chi connectivity index (χ4v) is 1.69. The molecule has 1 saturated carbocycles. The molecule has 1 heterocycles. The standard InChI is InChI=1S/C14H14N4O2/c15-11-4-2-1-3-10(11)14(19)16-12-7-8-13(18-17-12)20-9-5-6-9/h1-4,7-9H,5-6,15H2,(H,16,17,19). The van der Waals surface area contributed by atoms with Crippen LogP contribution >= 0.6 is 0 Å². The van der Waals surface area contributed by atoms with Gasteiger partial charge in [-0.2, -0.15) is 0 Å². The summed E-state index contributed by atoms with van der Waals surface area (Å²) in [5.41, 5.74) is 6.58. The van der Waals surface area contributed by atoms with Crippen molar-refractivity contribution in [3.63, 3.8) is 0 Å². The molecule has 1 aromatic carbocycles. The molecule has 0 bridgehead atoms. The summed E-state index contributed by atoms with van der Waals surface area (Å²) in [5.74, 6) is 0.527. The zero-order valence-electron chi connectivity index (χ0n) is 10.7. The smallest absolute Gasteiger partial charge is 0.258 e. The van der Waals surface area contributed by atoms with Gasteiger partial charge in [0.25, 0.3) is 5.91 Å². The Bertz CT molecular complexity index is 623. The van der Waals surface area contributed by atoms with Crippen molar-refractivity contribution in [3.05, 3.63) is 42.0 Å². The fraction of sp³-hybridized carbons (Fsp3) is 0.214. The second-order valence-corrected chi connectivity index (χ2v) is 4.62. The minimum atomic E-state index is -0.312. The topological polar surface area (TPSA) is 90.1 Å². The molecule has 6 nitrogen and oxygen atoms in total. The normalized spacial score (nSPS) is 13.8. The number of aromatic nitrogens is 2. The molecule has 1 aromatic heterocycles. The van der Waals surface area contributed by atoms with Crippen LogP contribution in [-0.2, 0) is 0 Å². The second-order valence-electron chi connectivity index (χ2n) is 4.62. The zero-order chi connectivity index (χ0) is 13.9.